The maximum atomic E-state index is 2.43. The van der Waals surface area contributed by atoms with E-state index in [4.69, 9.17) is 0 Å². The van der Waals surface area contributed by atoms with Crippen LogP contribution in [0.15, 0.2) is 0 Å². The first-order valence-corrected chi connectivity index (χ1v) is 9.57. The molecule has 72 valence electrons. The zero-order valence-corrected chi connectivity index (χ0v) is 10.9. The van der Waals surface area contributed by atoms with Crippen molar-refractivity contribution in [2.75, 3.05) is 37.5 Å². The Morgan fingerprint density at radius 2 is 0.818 bits per heavy atom. The Labute approximate surface area is 75.8 Å². The molecule has 0 aliphatic carbocycles. The van der Waals surface area contributed by atoms with Crippen molar-refractivity contribution in [3.8, 4) is 0 Å². The van der Waals surface area contributed by atoms with Gasteiger partial charge in [-0.15, -0.1) is 0 Å². The van der Waals surface area contributed by atoms with Gasteiger partial charge in [-0.2, -0.15) is 0 Å². The van der Waals surface area contributed by atoms with Gasteiger partial charge in [-0.3, -0.25) is 0 Å². The second kappa shape index (κ2) is 2.88. The molecule has 0 aromatic rings. The van der Waals surface area contributed by atoms with E-state index in [2.05, 4.69) is 51.4 Å². The van der Waals surface area contributed by atoms with Crippen LogP contribution < -0.4 is 0 Å². The lowest BCUT2D eigenvalue weighted by atomic mass is 10.5. The Morgan fingerprint density at radius 3 is 0.818 bits per heavy atom. The van der Waals surface area contributed by atoms with E-state index in [0.717, 1.165) is 0 Å². The van der Waals surface area contributed by atoms with Gasteiger partial charge in [0, 0.05) is 4.08 Å². The molecule has 0 heterocycles. The fraction of sp³-hybridized carbons (Fsp3) is 1.00. The van der Waals surface area contributed by atoms with Gasteiger partial charge in [-0.05, 0) is 51.4 Å². The summed E-state index contributed by atoms with van der Waals surface area (Å²) in [4.78, 5) is 0. The minimum atomic E-state index is -0.423. The van der Waals surface area contributed by atoms with Crippen molar-refractivity contribution in [3.05, 3.63) is 0 Å². The topological polar surface area (TPSA) is 0 Å². The molecule has 0 aromatic carbocycles. The predicted octanol–water partition coefficient (Wildman–Crippen LogP) is 3.11. The Morgan fingerprint density at radius 1 is 0.636 bits per heavy atom. The molecule has 11 heavy (non-hydrogen) atoms. The third kappa shape index (κ3) is 2.32. The molecule has 0 unspecified atom stereocenters. The molecule has 2 heteroatoms. The van der Waals surface area contributed by atoms with E-state index in [1.165, 1.54) is 0 Å². The van der Waals surface area contributed by atoms with Gasteiger partial charge in [-0.1, -0.05) is 0 Å². The quantitative estimate of drug-likeness (QED) is 0.637. The van der Waals surface area contributed by atoms with Crippen molar-refractivity contribution in [1.29, 1.82) is 0 Å². The van der Waals surface area contributed by atoms with Crippen LogP contribution in [0.25, 0.3) is 0 Å². The maximum Gasteiger partial charge on any atom is 0.0235 e. The molecule has 0 bridgehead atoms. The smallest absolute Gasteiger partial charge is 0.0235 e. The van der Waals surface area contributed by atoms with Crippen LogP contribution in [0.1, 0.15) is 13.8 Å². The van der Waals surface area contributed by atoms with Crippen LogP contribution in [-0.2, 0) is 0 Å². The zero-order valence-electron chi connectivity index (χ0n) is 9.32. The summed E-state index contributed by atoms with van der Waals surface area (Å²) in [5, 5.41) is 0. The molecule has 0 amide bonds. The molecule has 0 aliphatic heterocycles. The van der Waals surface area contributed by atoms with Gasteiger partial charge in [0.1, 0.15) is 0 Å². The third-order valence-corrected chi connectivity index (χ3v) is 11.8. The van der Waals surface area contributed by atoms with Crippen LogP contribution in [0.3, 0.4) is 0 Å². The highest BCUT2D eigenvalue weighted by atomic mass is 32.3. The first-order valence-electron chi connectivity index (χ1n) is 3.86. The van der Waals surface area contributed by atoms with Crippen LogP contribution in [-0.4, -0.2) is 41.6 Å². The average Bonchev–Trinajstić information content (AvgIpc) is 1.58. The molecule has 0 saturated carbocycles. The SMILES string of the molecule is CC(C)(S(C)(C)C)S(C)(C)C. The van der Waals surface area contributed by atoms with Gasteiger partial charge in [0.25, 0.3) is 0 Å². The maximum absolute atomic E-state index is 2.43. The van der Waals surface area contributed by atoms with Crippen molar-refractivity contribution in [1.82, 2.24) is 0 Å². The van der Waals surface area contributed by atoms with Crippen molar-refractivity contribution >= 4 is 20.1 Å². The summed E-state index contributed by atoms with van der Waals surface area (Å²) >= 11 is 0. The monoisotopic (exact) mass is 196 g/mol. The minimum Gasteiger partial charge on any atom is -0.237 e. The van der Waals surface area contributed by atoms with E-state index in [1.54, 1.807) is 0 Å². The molecule has 0 nitrogen and oxygen atoms in total. The fourth-order valence-electron chi connectivity index (χ4n) is 0.750. The van der Waals surface area contributed by atoms with Crippen molar-refractivity contribution < 1.29 is 0 Å². The van der Waals surface area contributed by atoms with Crippen LogP contribution in [0, 0.1) is 0 Å². The molecule has 0 spiro atoms. The van der Waals surface area contributed by atoms with E-state index in [0.29, 0.717) is 4.08 Å². The molecular formula is C9H24S2. The summed E-state index contributed by atoms with van der Waals surface area (Å²) in [5.41, 5.74) is 0. The molecule has 0 saturated heterocycles. The largest absolute Gasteiger partial charge is 0.237 e. The van der Waals surface area contributed by atoms with Crippen LogP contribution in [0.5, 0.6) is 0 Å². The van der Waals surface area contributed by atoms with Gasteiger partial charge in [0.05, 0.1) is 0 Å². The van der Waals surface area contributed by atoms with Crippen LogP contribution >= 0.6 is 20.1 Å². The highest BCUT2D eigenvalue weighted by Crippen LogP contribution is 2.67. The van der Waals surface area contributed by atoms with Crippen LogP contribution in [0.2, 0.25) is 0 Å². The van der Waals surface area contributed by atoms with Gasteiger partial charge in [-0.25, -0.2) is 20.1 Å². The predicted molar refractivity (Wildman–Crippen MR) is 64.8 cm³/mol. The Hall–Kier alpha value is 0.700. The molecule has 0 atom stereocenters. The second-order valence-corrected chi connectivity index (χ2v) is 14.7. The normalized spacial score (nSPS) is 18.2. The Bertz CT molecular complexity index is 119. The standard InChI is InChI=1S/C9H24S2/c1-9(2,10(3,4)5)11(6,7)8/h1-8H3. The number of hydrogen-bond acceptors (Lipinski definition) is 0. The second-order valence-electron chi connectivity index (χ2n) is 5.07. The molecule has 0 aliphatic rings. The summed E-state index contributed by atoms with van der Waals surface area (Å²) < 4.78 is 0.542. The fourth-order valence-corrected chi connectivity index (χ4v) is 6.75. The molecular weight excluding hydrogens is 172 g/mol. The van der Waals surface area contributed by atoms with Gasteiger partial charge < -0.3 is 0 Å². The minimum absolute atomic E-state index is 0.423. The zero-order chi connectivity index (χ0) is 9.50. The van der Waals surface area contributed by atoms with Crippen molar-refractivity contribution in [2.45, 2.75) is 17.9 Å². The number of hydrogen-bond donors (Lipinski definition) is 0. The lowest BCUT2D eigenvalue weighted by Crippen LogP contribution is -2.31. The van der Waals surface area contributed by atoms with Crippen molar-refractivity contribution in [3.63, 3.8) is 0 Å². The van der Waals surface area contributed by atoms with Gasteiger partial charge >= 0.3 is 0 Å². The summed E-state index contributed by atoms with van der Waals surface area (Å²) in [6.45, 7) is 4.86. The third-order valence-electron chi connectivity index (χ3n) is 2.95. The van der Waals surface area contributed by atoms with Crippen LogP contribution in [0.4, 0.5) is 0 Å². The highest BCUT2D eigenvalue weighted by molar-refractivity contribution is 8.49. The van der Waals surface area contributed by atoms with E-state index >= 15 is 0 Å². The molecule has 0 N–H and O–H groups in total. The average molecular weight is 196 g/mol. The Kier molecular flexibility index (Phi) is 3.06. The van der Waals surface area contributed by atoms with Gasteiger partial charge in [0.2, 0.25) is 0 Å². The summed E-state index contributed by atoms with van der Waals surface area (Å²) in [6.07, 6.45) is 14.5. The first kappa shape index (κ1) is 11.7. The molecule has 0 rings (SSSR count). The summed E-state index contributed by atoms with van der Waals surface area (Å²) in [5.74, 6) is 0. The Balaban J connectivity index is 4.75. The lowest BCUT2D eigenvalue weighted by molar-refractivity contribution is 0.996. The highest BCUT2D eigenvalue weighted by Gasteiger charge is 2.36. The van der Waals surface area contributed by atoms with Crippen molar-refractivity contribution in [2.24, 2.45) is 0 Å². The van der Waals surface area contributed by atoms with Gasteiger partial charge in [0.15, 0.2) is 0 Å². The summed E-state index contributed by atoms with van der Waals surface area (Å²) in [6, 6.07) is 0. The molecule has 0 radical (unpaired) electrons. The molecule has 0 aromatic heterocycles. The molecule has 0 fully saturated rings. The summed E-state index contributed by atoms with van der Waals surface area (Å²) in [7, 11) is -0.846. The van der Waals surface area contributed by atoms with E-state index in [9.17, 15) is 0 Å². The van der Waals surface area contributed by atoms with E-state index < -0.39 is 20.1 Å². The van der Waals surface area contributed by atoms with E-state index in [1.807, 2.05) is 0 Å². The first-order chi connectivity index (χ1) is 4.50. The number of rotatable bonds is 2. The van der Waals surface area contributed by atoms with E-state index in [-0.39, 0.29) is 0 Å². The lowest BCUT2D eigenvalue weighted by Gasteiger charge is -2.55.